The summed E-state index contributed by atoms with van der Waals surface area (Å²) in [7, 11) is -3.76. The summed E-state index contributed by atoms with van der Waals surface area (Å²) < 4.78 is 28.3. The molecule has 0 bridgehead atoms. The number of benzene rings is 3. The summed E-state index contributed by atoms with van der Waals surface area (Å²) in [5, 5.41) is 3.13. The number of carbonyl (C=O) groups is 1. The lowest BCUT2D eigenvalue weighted by Gasteiger charge is -2.22. The van der Waals surface area contributed by atoms with E-state index in [4.69, 9.17) is 0 Å². The molecule has 0 spiro atoms. The molecular formula is C26H30N2O3S. The Morgan fingerprint density at radius 1 is 0.875 bits per heavy atom. The molecule has 2 N–H and O–H groups in total. The van der Waals surface area contributed by atoms with Crippen LogP contribution in [0.3, 0.4) is 0 Å². The van der Waals surface area contributed by atoms with Crippen LogP contribution in [0.1, 0.15) is 53.4 Å². The summed E-state index contributed by atoms with van der Waals surface area (Å²) in [5.41, 5.74) is 3.44. The molecule has 0 aliphatic carbocycles. The zero-order chi connectivity index (χ0) is 23.3. The largest absolute Gasteiger partial charge is 0.345 e. The van der Waals surface area contributed by atoms with E-state index in [0.717, 1.165) is 17.5 Å². The lowest BCUT2D eigenvalue weighted by Crippen LogP contribution is -2.30. The fraction of sp³-hybridized carbons (Fsp3) is 0.269. The van der Waals surface area contributed by atoms with Gasteiger partial charge < -0.3 is 5.32 Å². The van der Waals surface area contributed by atoms with Crippen molar-refractivity contribution in [1.29, 1.82) is 0 Å². The van der Waals surface area contributed by atoms with Crippen molar-refractivity contribution in [1.82, 2.24) is 5.32 Å². The van der Waals surface area contributed by atoms with Crippen LogP contribution in [-0.2, 0) is 10.0 Å². The lowest BCUT2D eigenvalue weighted by molar-refractivity contribution is 0.0931. The van der Waals surface area contributed by atoms with Crippen LogP contribution in [-0.4, -0.2) is 14.3 Å². The van der Waals surface area contributed by atoms with E-state index in [1.165, 1.54) is 0 Å². The van der Waals surface area contributed by atoms with Crippen molar-refractivity contribution in [2.45, 2.75) is 45.1 Å². The SMILES string of the molecule is Cc1ccc(S(=O)(=O)Nc2cccc(C(=O)N[C@H](CC(C)C)c3ccccc3)c2C)cc1. The summed E-state index contributed by atoms with van der Waals surface area (Å²) in [4.78, 5) is 13.3. The zero-order valence-electron chi connectivity index (χ0n) is 18.9. The maximum atomic E-state index is 13.2. The monoisotopic (exact) mass is 450 g/mol. The second-order valence-corrected chi connectivity index (χ2v) is 10.1. The van der Waals surface area contributed by atoms with Gasteiger partial charge in [0.2, 0.25) is 0 Å². The zero-order valence-corrected chi connectivity index (χ0v) is 19.7. The van der Waals surface area contributed by atoms with Crippen molar-refractivity contribution in [3.05, 3.63) is 95.1 Å². The molecule has 6 heteroatoms. The van der Waals surface area contributed by atoms with Crippen LogP contribution in [0, 0.1) is 19.8 Å². The molecule has 1 amide bonds. The number of amides is 1. The minimum absolute atomic E-state index is 0.129. The van der Waals surface area contributed by atoms with Crippen LogP contribution >= 0.6 is 0 Å². The van der Waals surface area contributed by atoms with E-state index in [2.05, 4.69) is 23.9 Å². The standard InChI is InChI=1S/C26H30N2O3S/c1-18(2)17-25(21-9-6-5-7-10-21)27-26(29)23-11-8-12-24(20(23)4)28-32(30,31)22-15-13-19(3)14-16-22/h5-16,18,25,28H,17H2,1-4H3,(H,27,29)/t25-/m1/s1. The maximum absolute atomic E-state index is 13.2. The number of nitrogens with one attached hydrogen (secondary N) is 2. The topological polar surface area (TPSA) is 75.3 Å². The minimum Gasteiger partial charge on any atom is -0.345 e. The molecule has 0 aliphatic heterocycles. The van der Waals surface area contributed by atoms with Crippen molar-refractivity contribution in [2.24, 2.45) is 5.92 Å². The molecule has 0 saturated heterocycles. The molecule has 0 unspecified atom stereocenters. The third-order valence-electron chi connectivity index (χ3n) is 5.37. The fourth-order valence-electron chi connectivity index (χ4n) is 3.58. The van der Waals surface area contributed by atoms with Crippen molar-refractivity contribution in [3.8, 4) is 0 Å². The molecule has 0 aromatic heterocycles. The molecule has 3 aromatic rings. The van der Waals surface area contributed by atoms with Gasteiger partial charge in [-0.25, -0.2) is 8.42 Å². The van der Waals surface area contributed by atoms with Crippen molar-refractivity contribution < 1.29 is 13.2 Å². The highest BCUT2D eigenvalue weighted by Crippen LogP contribution is 2.25. The molecule has 3 aromatic carbocycles. The van der Waals surface area contributed by atoms with Crippen LogP contribution in [0.15, 0.2) is 77.7 Å². The molecule has 0 saturated carbocycles. The van der Waals surface area contributed by atoms with Gasteiger partial charge in [0.25, 0.3) is 15.9 Å². The quantitative estimate of drug-likeness (QED) is 0.468. The summed E-state index contributed by atoms with van der Waals surface area (Å²) in [6, 6.07) is 21.5. The molecule has 0 heterocycles. The van der Waals surface area contributed by atoms with Gasteiger partial charge in [-0.05, 0) is 61.6 Å². The molecule has 1 atom stereocenters. The summed E-state index contributed by atoms with van der Waals surface area (Å²) in [5.74, 6) is 0.169. The number of hydrogen-bond acceptors (Lipinski definition) is 3. The molecule has 3 rings (SSSR count). The van der Waals surface area contributed by atoms with Gasteiger partial charge in [-0.15, -0.1) is 0 Å². The molecular weight excluding hydrogens is 420 g/mol. The molecule has 5 nitrogen and oxygen atoms in total. The number of rotatable bonds is 8. The maximum Gasteiger partial charge on any atom is 0.261 e. The van der Waals surface area contributed by atoms with Gasteiger partial charge in [0.1, 0.15) is 0 Å². The van der Waals surface area contributed by atoms with Crippen LogP contribution in [0.2, 0.25) is 0 Å². The third kappa shape index (κ3) is 5.77. The Morgan fingerprint density at radius 2 is 1.53 bits per heavy atom. The molecule has 168 valence electrons. The van der Waals surface area contributed by atoms with E-state index in [9.17, 15) is 13.2 Å². The first-order chi connectivity index (χ1) is 15.2. The van der Waals surface area contributed by atoms with E-state index < -0.39 is 10.0 Å². The first kappa shape index (κ1) is 23.5. The number of aryl methyl sites for hydroxylation is 1. The Hall–Kier alpha value is -3.12. The van der Waals surface area contributed by atoms with Gasteiger partial charge in [0.05, 0.1) is 16.6 Å². The summed E-state index contributed by atoms with van der Waals surface area (Å²) >= 11 is 0. The average molecular weight is 451 g/mol. The van der Waals surface area contributed by atoms with Crippen molar-refractivity contribution >= 4 is 21.6 Å². The Bertz CT molecular complexity index is 1170. The Labute approximate surface area is 190 Å². The van der Waals surface area contributed by atoms with E-state index in [0.29, 0.717) is 22.7 Å². The van der Waals surface area contributed by atoms with Gasteiger partial charge in [-0.2, -0.15) is 0 Å². The van der Waals surface area contributed by atoms with Gasteiger partial charge in [0, 0.05) is 5.56 Å². The van der Waals surface area contributed by atoms with Crippen LogP contribution in [0.5, 0.6) is 0 Å². The molecule has 0 fully saturated rings. The highest BCUT2D eigenvalue weighted by molar-refractivity contribution is 7.92. The smallest absolute Gasteiger partial charge is 0.261 e. The first-order valence-electron chi connectivity index (χ1n) is 10.7. The second-order valence-electron chi connectivity index (χ2n) is 8.46. The highest BCUT2D eigenvalue weighted by Gasteiger charge is 2.21. The van der Waals surface area contributed by atoms with Crippen molar-refractivity contribution in [3.63, 3.8) is 0 Å². The average Bonchev–Trinajstić information content (AvgIpc) is 2.75. The first-order valence-corrected chi connectivity index (χ1v) is 12.2. The van der Waals surface area contributed by atoms with Crippen molar-refractivity contribution in [2.75, 3.05) is 4.72 Å². The summed E-state index contributed by atoms with van der Waals surface area (Å²) in [6.07, 6.45) is 0.800. The predicted octanol–water partition coefficient (Wildman–Crippen LogP) is 5.62. The third-order valence-corrected chi connectivity index (χ3v) is 6.75. The summed E-state index contributed by atoms with van der Waals surface area (Å²) in [6.45, 7) is 7.89. The Morgan fingerprint density at radius 3 is 2.16 bits per heavy atom. The van der Waals surface area contributed by atoms with Gasteiger partial charge in [-0.3, -0.25) is 9.52 Å². The molecule has 0 aliphatic rings. The number of sulfonamides is 1. The van der Waals surface area contributed by atoms with Crippen LogP contribution in [0.4, 0.5) is 5.69 Å². The number of carbonyl (C=O) groups excluding carboxylic acids is 1. The molecule has 32 heavy (non-hydrogen) atoms. The van der Waals surface area contributed by atoms with Gasteiger partial charge in [0.15, 0.2) is 0 Å². The van der Waals surface area contributed by atoms with E-state index >= 15 is 0 Å². The van der Waals surface area contributed by atoms with E-state index in [-0.39, 0.29) is 16.8 Å². The van der Waals surface area contributed by atoms with Crippen LogP contribution < -0.4 is 10.0 Å². The lowest BCUT2D eigenvalue weighted by atomic mass is 9.96. The number of anilines is 1. The molecule has 0 radical (unpaired) electrons. The highest BCUT2D eigenvalue weighted by atomic mass is 32.2. The minimum atomic E-state index is -3.76. The normalized spacial score (nSPS) is 12.4. The van der Waals surface area contributed by atoms with E-state index in [1.54, 1.807) is 49.4 Å². The van der Waals surface area contributed by atoms with Crippen LogP contribution in [0.25, 0.3) is 0 Å². The second kappa shape index (κ2) is 10.0. The van der Waals surface area contributed by atoms with Gasteiger partial charge in [-0.1, -0.05) is 67.9 Å². The fourth-order valence-corrected chi connectivity index (χ4v) is 4.71. The predicted molar refractivity (Wildman–Crippen MR) is 129 cm³/mol. The Balaban J connectivity index is 1.85. The van der Waals surface area contributed by atoms with E-state index in [1.807, 2.05) is 37.3 Å². The van der Waals surface area contributed by atoms with Gasteiger partial charge >= 0.3 is 0 Å². The Kier molecular flexibility index (Phi) is 7.36. The number of hydrogen-bond donors (Lipinski definition) is 2.